The molecule has 0 N–H and O–H groups in total. The maximum atomic E-state index is 12.7. The first-order chi connectivity index (χ1) is 37.5. The Balaban J connectivity index is 1.14. The molecule has 2 amide bonds. The first-order valence-electron chi connectivity index (χ1n) is 30.4. The van der Waals surface area contributed by atoms with Crippen molar-refractivity contribution in [1.82, 2.24) is 4.90 Å². The van der Waals surface area contributed by atoms with Gasteiger partial charge in [-0.15, -0.1) is 0 Å². The van der Waals surface area contributed by atoms with Gasteiger partial charge in [0.05, 0.1) is 48.9 Å². The normalized spacial score (nSPS) is 12.2. The molecule has 1 heterocycles. The number of amides is 2. The third-order valence-electron chi connectivity index (χ3n) is 14.4. The standard InChI is InChI=1S/C66H97N3O7/c1-4-7-10-13-16-19-22-25-28-33-48-73-62-52-55(53-63(74-49-34-29-26-23-20-17-14-11-8-5-2)64(62)75-50-35-30-27-24-21-18-15-12-9-6-3)54-76-59-45-41-57(42-46-59)68-67-56-39-43-58(44-40-56)72-51-36-47-69-65(70)60-37-31-32-38-61(60)66(69)71/h31-32,37-46,52-53H,4-30,33-36,47-51,54H2,1-3H3. The highest BCUT2D eigenvalue weighted by Crippen LogP contribution is 2.40. The van der Waals surface area contributed by atoms with E-state index in [0.717, 1.165) is 47.8 Å². The number of hydrogen-bond donors (Lipinski definition) is 0. The number of imide groups is 1. The Bertz CT molecular complexity index is 2110. The van der Waals surface area contributed by atoms with Crippen molar-refractivity contribution in [3.63, 3.8) is 0 Å². The molecule has 10 heteroatoms. The zero-order valence-corrected chi connectivity index (χ0v) is 47.4. The van der Waals surface area contributed by atoms with Crippen LogP contribution in [0.2, 0.25) is 0 Å². The second-order valence-electron chi connectivity index (χ2n) is 21.0. The Morgan fingerprint density at radius 3 is 1.11 bits per heavy atom. The van der Waals surface area contributed by atoms with Gasteiger partial charge in [-0.2, -0.15) is 10.2 Å². The van der Waals surface area contributed by atoms with Gasteiger partial charge in [-0.3, -0.25) is 14.5 Å². The van der Waals surface area contributed by atoms with Crippen molar-refractivity contribution in [1.29, 1.82) is 0 Å². The highest BCUT2D eigenvalue weighted by Gasteiger charge is 2.34. The Labute approximate surface area is 459 Å². The molecule has 418 valence electrons. The molecule has 0 saturated heterocycles. The lowest BCUT2D eigenvalue weighted by Crippen LogP contribution is -2.31. The number of hydrogen-bond acceptors (Lipinski definition) is 9. The SMILES string of the molecule is CCCCCCCCCCCCOc1cc(COc2ccc(N=Nc3ccc(OCCCN4C(=O)c5ccccc5C4=O)cc3)cc2)cc(OCCCCCCCCCCCC)c1OCCCCCCCCCCCC. The first-order valence-corrected chi connectivity index (χ1v) is 30.4. The number of rotatable bonds is 46. The molecule has 0 unspecified atom stereocenters. The van der Waals surface area contributed by atoms with E-state index in [-0.39, 0.29) is 11.8 Å². The molecule has 0 fully saturated rings. The van der Waals surface area contributed by atoms with Crippen molar-refractivity contribution in [3.05, 3.63) is 102 Å². The molecule has 0 atom stereocenters. The van der Waals surface area contributed by atoms with Gasteiger partial charge in [-0.25, -0.2) is 0 Å². The second kappa shape index (κ2) is 39.1. The van der Waals surface area contributed by atoms with Crippen LogP contribution in [0.25, 0.3) is 0 Å². The second-order valence-corrected chi connectivity index (χ2v) is 21.0. The van der Waals surface area contributed by atoms with Gasteiger partial charge >= 0.3 is 0 Å². The number of carbonyl (C=O) groups is 2. The lowest BCUT2D eigenvalue weighted by molar-refractivity contribution is 0.0646. The van der Waals surface area contributed by atoms with E-state index in [1.807, 2.05) is 48.5 Å². The van der Waals surface area contributed by atoms with Crippen molar-refractivity contribution < 1.29 is 33.3 Å². The summed E-state index contributed by atoms with van der Waals surface area (Å²) in [5.74, 6) is 3.13. The van der Waals surface area contributed by atoms with Crippen molar-refractivity contribution in [2.24, 2.45) is 10.2 Å². The number of azo groups is 1. The summed E-state index contributed by atoms with van der Waals surface area (Å²) < 4.78 is 32.2. The van der Waals surface area contributed by atoms with E-state index in [1.54, 1.807) is 24.3 Å². The van der Waals surface area contributed by atoms with Gasteiger partial charge < -0.3 is 23.7 Å². The number of benzene rings is 4. The number of ether oxygens (including phenoxy) is 5. The molecule has 0 aliphatic carbocycles. The summed E-state index contributed by atoms with van der Waals surface area (Å²) in [6.45, 7) is 9.79. The summed E-state index contributed by atoms with van der Waals surface area (Å²) in [5.41, 5.74) is 3.29. The summed E-state index contributed by atoms with van der Waals surface area (Å²) in [6.07, 6.45) is 38.9. The van der Waals surface area contributed by atoms with Gasteiger partial charge in [0.2, 0.25) is 5.75 Å². The van der Waals surface area contributed by atoms with Crippen LogP contribution in [0.3, 0.4) is 0 Å². The van der Waals surface area contributed by atoms with Gasteiger partial charge in [0.15, 0.2) is 11.5 Å². The van der Waals surface area contributed by atoms with Crippen molar-refractivity contribution in [3.8, 4) is 28.7 Å². The average Bonchev–Trinajstić information content (AvgIpc) is 3.71. The maximum Gasteiger partial charge on any atom is 0.261 e. The lowest BCUT2D eigenvalue weighted by atomic mass is 10.1. The van der Waals surface area contributed by atoms with Crippen LogP contribution in [-0.4, -0.2) is 49.7 Å². The van der Waals surface area contributed by atoms with Crippen LogP contribution >= 0.6 is 0 Å². The quantitative estimate of drug-likeness (QED) is 0.0246. The molecule has 1 aliphatic rings. The minimum Gasteiger partial charge on any atom is -0.494 e. The number of nitrogens with zero attached hydrogens (tertiary/aromatic N) is 3. The fraction of sp³-hybridized carbons (Fsp3) is 0.606. The summed E-state index contributed by atoms with van der Waals surface area (Å²) in [4.78, 5) is 26.6. The van der Waals surface area contributed by atoms with E-state index in [1.165, 1.54) is 178 Å². The predicted octanol–water partition coefficient (Wildman–Crippen LogP) is 19.6. The third kappa shape index (κ3) is 24.3. The molecule has 4 aromatic carbocycles. The van der Waals surface area contributed by atoms with Crippen LogP contribution in [0.5, 0.6) is 28.7 Å². The summed E-state index contributed by atoms with van der Waals surface area (Å²) in [7, 11) is 0. The smallest absolute Gasteiger partial charge is 0.261 e. The highest BCUT2D eigenvalue weighted by atomic mass is 16.5. The van der Waals surface area contributed by atoms with Gasteiger partial charge in [-0.1, -0.05) is 206 Å². The molecule has 5 rings (SSSR count). The zero-order valence-electron chi connectivity index (χ0n) is 47.4. The molecule has 0 spiro atoms. The largest absolute Gasteiger partial charge is 0.494 e. The molecule has 1 aliphatic heterocycles. The molecule has 10 nitrogen and oxygen atoms in total. The van der Waals surface area contributed by atoms with E-state index in [9.17, 15) is 9.59 Å². The minimum absolute atomic E-state index is 0.248. The van der Waals surface area contributed by atoms with Gasteiger partial charge in [0, 0.05) is 6.54 Å². The van der Waals surface area contributed by atoms with Crippen LogP contribution in [0.15, 0.2) is 95.2 Å². The Morgan fingerprint density at radius 1 is 0.368 bits per heavy atom. The summed E-state index contributed by atoms with van der Waals surface area (Å²) in [5, 5.41) is 8.90. The van der Waals surface area contributed by atoms with E-state index in [4.69, 9.17) is 23.7 Å². The van der Waals surface area contributed by atoms with Crippen molar-refractivity contribution in [2.45, 2.75) is 226 Å². The van der Waals surface area contributed by atoms with E-state index in [0.29, 0.717) is 74.3 Å². The van der Waals surface area contributed by atoms with Crippen LogP contribution < -0.4 is 23.7 Å². The Kier molecular flexibility index (Phi) is 31.6. The molecular weight excluding hydrogens is 947 g/mol. The van der Waals surface area contributed by atoms with Gasteiger partial charge in [0.1, 0.15) is 18.1 Å². The number of fused-ring (bicyclic) bond motifs is 1. The van der Waals surface area contributed by atoms with Crippen molar-refractivity contribution >= 4 is 23.2 Å². The van der Waals surface area contributed by atoms with Crippen LogP contribution in [-0.2, 0) is 6.61 Å². The maximum absolute atomic E-state index is 12.7. The fourth-order valence-corrected chi connectivity index (χ4v) is 9.73. The summed E-state index contributed by atoms with van der Waals surface area (Å²) in [6, 6.07) is 26.1. The molecule has 0 radical (unpaired) electrons. The molecular formula is C66H97N3O7. The first kappa shape index (κ1) is 61.5. The van der Waals surface area contributed by atoms with E-state index < -0.39 is 0 Å². The molecule has 0 saturated carbocycles. The zero-order chi connectivity index (χ0) is 53.5. The Morgan fingerprint density at radius 2 is 0.711 bits per heavy atom. The van der Waals surface area contributed by atoms with E-state index in [2.05, 4.69) is 43.1 Å². The number of unbranched alkanes of at least 4 members (excludes halogenated alkanes) is 27. The fourth-order valence-electron chi connectivity index (χ4n) is 9.73. The molecule has 0 bridgehead atoms. The predicted molar refractivity (Wildman–Crippen MR) is 312 cm³/mol. The topological polar surface area (TPSA) is 108 Å². The van der Waals surface area contributed by atoms with Crippen LogP contribution in [0, 0.1) is 0 Å². The van der Waals surface area contributed by atoms with Gasteiger partial charge in [-0.05, 0) is 104 Å². The third-order valence-corrected chi connectivity index (χ3v) is 14.4. The van der Waals surface area contributed by atoms with E-state index >= 15 is 0 Å². The van der Waals surface area contributed by atoms with Crippen LogP contribution in [0.4, 0.5) is 11.4 Å². The Hall–Kier alpha value is -5.38. The lowest BCUT2D eigenvalue weighted by Gasteiger charge is -2.19. The average molecular weight is 1040 g/mol. The monoisotopic (exact) mass is 1040 g/mol. The number of carbonyl (C=O) groups excluding carboxylic acids is 2. The summed E-state index contributed by atoms with van der Waals surface area (Å²) >= 11 is 0. The van der Waals surface area contributed by atoms with Crippen LogP contribution in [0.1, 0.15) is 246 Å². The van der Waals surface area contributed by atoms with Gasteiger partial charge in [0.25, 0.3) is 11.8 Å². The molecule has 76 heavy (non-hydrogen) atoms. The minimum atomic E-state index is -0.248. The molecule has 4 aromatic rings. The highest BCUT2D eigenvalue weighted by molar-refractivity contribution is 6.21. The van der Waals surface area contributed by atoms with Crippen molar-refractivity contribution in [2.75, 3.05) is 33.0 Å². The molecule has 0 aromatic heterocycles.